The minimum atomic E-state index is -4.11. The van der Waals surface area contributed by atoms with Gasteiger partial charge < -0.3 is 10.2 Å². The third kappa shape index (κ3) is 9.47. The summed E-state index contributed by atoms with van der Waals surface area (Å²) < 4.78 is 30.5. The quantitative estimate of drug-likeness (QED) is 0.218. The first kappa shape index (κ1) is 23.8. The first-order valence-electron chi connectivity index (χ1n) is 10.4. The van der Waals surface area contributed by atoms with E-state index in [1.807, 2.05) is 0 Å². The van der Waals surface area contributed by atoms with E-state index in [-0.39, 0.29) is 10.6 Å². The molecule has 0 aliphatic carbocycles. The third-order valence-corrected chi connectivity index (χ3v) is 6.13. The van der Waals surface area contributed by atoms with Crippen molar-refractivity contribution in [3.8, 4) is 11.5 Å². The molecule has 0 fully saturated rings. The molecule has 0 aliphatic heterocycles. The summed E-state index contributed by atoms with van der Waals surface area (Å²) in [5.74, 6) is -0.628. The Kier molecular flexibility index (Phi) is 11.4. The lowest BCUT2D eigenvalue weighted by atomic mass is 10.0. The Balaban J connectivity index is 2.54. The SMILES string of the molecule is CCCCCCCCCCC(CCCC)OS(=O)(=O)c1cc(O)ccc1O. The van der Waals surface area contributed by atoms with Crippen LogP contribution in [0.5, 0.6) is 11.5 Å². The molecule has 0 aromatic heterocycles. The zero-order valence-corrected chi connectivity index (χ0v) is 17.6. The molecule has 1 unspecified atom stereocenters. The van der Waals surface area contributed by atoms with Crippen LogP contribution in [0.3, 0.4) is 0 Å². The Bertz CT molecular complexity index is 627. The van der Waals surface area contributed by atoms with Gasteiger partial charge in [-0.2, -0.15) is 8.42 Å². The summed E-state index contributed by atoms with van der Waals surface area (Å²) in [5.41, 5.74) is 0. The molecule has 0 bridgehead atoms. The molecule has 1 atom stereocenters. The van der Waals surface area contributed by atoms with Crippen molar-refractivity contribution in [2.45, 2.75) is 102 Å². The van der Waals surface area contributed by atoms with Gasteiger partial charge in [0.25, 0.3) is 0 Å². The number of hydrogen-bond acceptors (Lipinski definition) is 5. The Morgan fingerprint density at radius 1 is 0.852 bits per heavy atom. The molecule has 0 saturated heterocycles. The first-order chi connectivity index (χ1) is 12.9. The van der Waals surface area contributed by atoms with Gasteiger partial charge in [-0.25, -0.2) is 0 Å². The second-order valence-corrected chi connectivity index (χ2v) is 8.77. The van der Waals surface area contributed by atoms with Crippen molar-refractivity contribution in [3.05, 3.63) is 18.2 Å². The first-order valence-corrected chi connectivity index (χ1v) is 11.8. The summed E-state index contributed by atoms with van der Waals surface area (Å²) in [6, 6.07) is 3.42. The number of phenolic OH excluding ortho intramolecular Hbond substituents is 2. The number of unbranched alkanes of at least 4 members (excludes halogenated alkanes) is 8. The summed E-state index contributed by atoms with van der Waals surface area (Å²) >= 11 is 0. The van der Waals surface area contributed by atoms with Gasteiger partial charge in [-0.05, 0) is 25.0 Å². The van der Waals surface area contributed by atoms with Crippen molar-refractivity contribution in [3.63, 3.8) is 0 Å². The van der Waals surface area contributed by atoms with Crippen LogP contribution in [0.2, 0.25) is 0 Å². The van der Waals surface area contributed by atoms with Crippen LogP contribution in [-0.2, 0) is 14.3 Å². The Morgan fingerprint density at radius 3 is 2.04 bits per heavy atom. The molecule has 6 heteroatoms. The van der Waals surface area contributed by atoms with E-state index in [2.05, 4.69) is 13.8 Å². The molecular weight excluding hydrogens is 364 g/mol. The second kappa shape index (κ2) is 13.0. The number of benzene rings is 1. The fourth-order valence-corrected chi connectivity index (χ4v) is 4.36. The molecule has 1 aromatic rings. The largest absolute Gasteiger partial charge is 0.508 e. The zero-order chi connectivity index (χ0) is 20.1. The Labute approximate surface area is 164 Å². The minimum Gasteiger partial charge on any atom is -0.508 e. The molecule has 0 radical (unpaired) electrons. The predicted octanol–water partition coefficient (Wildman–Crippen LogP) is 5.89. The van der Waals surface area contributed by atoms with Gasteiger partial charge in [-0.15, -0.1) is 0 Å². The van der Waals surface area contributed by atoms with Gasteiger partial charge in [0, 0.05) is 6.07 Å². The second-order valence-electron chi connectivity index (χ2n) is 7.23. The van der Waals surface area contributed by atoms with E-state index in [1.165, 1.54) is 44.6 Å². The fraction of sp³-hybridized carbons (Fsp3) is 0.714. The van der Waals surface area contributed by atoms with Crippen LogP contribution >= 0.6 is 0 Å². The van der Waals surface area contributed by atoms with Gasteiger partial charge in [-0.1, -0.05) is 78.1 Å². The van der Waals surface area contributed by atoms with E-state index in [1.54, 1.807) is 0 Å². The molecule has 1 aromatic carbocycles. The summed E-state index contributed by atoms with van der Waals surface area (Å²) in [6.45, 7) is 4.27. The van der Waals surface area contributed by atoms with Crippen molar-refractivity contribution in [2.75, 3.05) is 0 Å². The van der Waals surface area contributed by atoms with E-state index in [9.17, 15) is 18.6 Å². The maximum Gasteiger partial charge on any atom is 0.301 e. The summed E-state index contributed by atoms with van der Waals surface area (Å²) in [4.78, 5) is -0.375. The van der Waals surface area contributed by atoms with Crippen molar-refractivity contribution >= 4 is 10.1 Å². The zero-order valence-electron chi connectivity index (χ0n) is 16.8. The summed E-state index contributed by atoms with van der Waals surface area (Å²) in [7, 11) is -4.11. The van der Waals surface area contributed by atoms with Crippen molar-refractivity contribution in [1.29, 1.82) is 0 Å². The molecule has 2 N–H and O–H groups in total. The standard InChI is InChI=1S/C21H36O5S/c1-3-5-7-8-9-10-11-12-14-19(13-6-4-2)26-27(24,25)21-17-18(22)15-16-20(21)23/h15-17,19,22-23H,3-14H2,1-2H3. The normalized spacial score (nSPS) is 13.0. The van der Waals surface area contributed by atoms with Crippen LogP contribution in [0.4, 0.5) is 0 Å². The molecule has 5 nitrogen and oxygen atoms in total. The molecule has 0 spiro atoms. The van der Waals surface area contributed by atoms with Crippen molar-refractivity contribution in [1.82, 2.24) is 0 Å². The number of hydrogen-bond donors (Lipinski definition) is 2. The maximum absolute atomic E-state index is 12.5. The lowest BCUT2D eigenvalue weighted by Gasteiger charge is -2.18. The van der Waals surface area contributed by atoms with Crippen LogP contribution < -0.4 is 0 Å². The van der Waals surface area contributed by atoms with Gasteiger partial charge in [-0.3, -0.25) is 4.18 Å². The highest BCUT2D eigenvalue weighted by Gasteiger charge is 2.25. The lowest BCUT2D eigenvalue weighted by Crippen LogP contribution is -2.19. The lowest BCUT2D eigenvalue weighted by molar-refractivity contribution is 0.180. The molecule has 0 heterocycles. The van der Waals surface area contributed by atoms with E-state index in [0.29, 0.717) is 12.8 Å². The molecule has 27 heavy (non-hydrogen) atoms. The summed E-state index contributed by atoms with van der Waals surface area (Å²) in [5, 5.41) is 19.3. The maximum atomic E-state index is 12.5. The van der Waals surface area contributed by atoms with Crippen molar-refractivity contribution < 1.29 is 22.8 Å². The molecule has 0 amide bonds. The highest BCUT2D eigenvalue weighted by atomic mass is 32.2. The fourth-order valence-electron chi connectivity index (χ4n) is 3.11. The molecule has 1 rings (SSSR count). The predicted molar refractivity (Wildman–Crippen MR) is 109 cm³/mol. The minimum absolute atomic E-state index is 0.219. The highest BCUT2D eigenvalue weighted by Crippen LogP contribution is 2.30. The van der Waals surface area contributed by atoms with E-state index in [4.69, 9.17) is 4.18 Å². The topological polar surface area (TPSA) is 83.8 Å². The van der Waals surface area contributed by atoms with Crippen LogP contribution in [0.15, 0.2) is 23.1 Å². The Morgan fingerprint density at radius 2 is 1.41 bits per heavy atom. The van der Waals surface area contributed by atoms with Crippen LogP contribution in [0.1, 0.15) is 90.9 Å². The monoisotopic (exact) mass is 400 g/mol. The molecule has 0 aliphatic rings. The number of aromatic hydroxyl groups is 2. The van der Waals surface area contributed by atoms with E-state index < -0.39 is 22.0 Å². The Hall–Kier alpha value is -1.27. The van der Waals surface area contributed by atoms with Crippen molar-refractivity contribution in [2.24, 2.45) is 0 Å². The average Bonchev–Trinajstić information content (AvgIpc) is 2.63. The van der Waals surface area contributed by atoms with Crippen LogP contribution in [-0.4, -0.2) is 24.7 Å². The van der Waals surface area contributed by atoms with E-state index >= 15 is 0 Å². The number of rotatable bonds is 15. The molecular formula is C21H36O5S. The van der Waals surface area contributed by atoms with Crippen LogP contribution in [0, 0.1) is 0 Å². The summed E-state index contributed by atoms with van der Waals surface area (Å²) in [6.07, 6.45) is 12.4. The third-order valence-electron chi connectivity index (χ3n) is 4.73. The highest BCUT2D eigenvalue weighted by molar-refractivity contribution is 7.86. The van der Waals surface area contributed by atoms with Gasteiger partial charge in [0.15, 0.2) is 0 Å². The van der Waals surface area contributed by atoms with Gasteiger partial charge in [0.1, 0.15) is 16.4 Å². The smallest absolute Gasteiger partial charge is 0.301 e. The van der Waals surface area contributed by atoms with E-state index in [0.717, 1.165) is 37.8 Å². The van der Waals surface area contributed by atoms with Gasteiger partial charge in [0.05, 0.1) is 6.10 Å². The average molecular weight is 401 g/mol. The molecule has 0 saturated carbocycles. The van der Waals surface area contributed by atoms with Gasteiger partial charge >= 0.3 is 10.1 Å². The molecule has 156 valence electrons. The van der Waals surface area contributed by atoms with Crippen LogP contribution in [0.25, 0.3) is 0 Å². The number of phenols is 2. The van der Waals surface area contributed by atoms with Gasteiger partial charge in [0.2, 0.25) is 0 Å².